The fourth-order valence-electron chi connectivity index (χ4n) is 1.75. The molecule has 1 aromatic heterocycles. The van der Waals surface area contributed by atoms with Gasteiger partial charge in [0.1, 0.15) is 18.2 Å². The summed E-state index contributed by atoms with van der Waals surface area (Å²) >= 11 is 0. The van der Waals surface area contributed by atoms with Gasteiger partial charge in [-0.2, -0.15) is 0 Å². The molecule has 19 heavy (non-hydrogen) atoms. The van der Waals surface area contributed by atoms with Gasteiger partial charge in [0.2, 0.25) is 0 Å². The summed E-state index contributed by atoms with van der Waals surface area (Å²) in [6.45, 7) is 4.32. The Hall–Kier alpha value is -2.36. The number of hydrogen-bond acceptors (Lipinski definition) is 3. The summed E-state index contributed by atoms with van der Waals surface area (Å²) in [4.78, 5) is 4.38. The van der Waals surface area contributed by atoms with Crippen molar-refractivity contribution in [3.63, 3.8) is 0 Å². The van der Waals surface area contributed by atoms with Crippen LogP contribution in [0, 0.1) is 19.3 Å². The molecule has 0 fully saturated rings. The molecular formula is C15H17N3O. The van der Waals surface area contributed by atoms with E-state index in [0.29, 0.717) is 12.2 Å². The average Bonchev–Trinajstić information content (AvgIpc) is 2.37. The van der Waals surface area contributed by atoms with Gasteiger partial charge in [-0.3, -0.25) is 10.4 Å². The van der Waals surface area contributed by atoms with Crippen LogP contribution in [0.25, 0.3) is 0 Å². The highest BCUT2D eigenvalue weighted by Crippen LogP contribution is 2.20. The van der Waals surface area contributed by atoms with E-state index in [1.54, 1.807) is 6.07 Å². The number of nitrogens with two attached hydrogens (primary N) is 1. The molecule has 0 bridgehead atoms. The van der Waals surface area contributed by atoms with Crippen LogP contribution in [0.3, 0.4) is 0 Å². The van der Waals surface area contributed by atoms with Gasteiger partial charge in [-0.1, -0.05) is 18.2 Å². The molecule has 0 aliphatic carbocycles. The number of aryl methyl sites for hydroxylation is 2. The van der Waals surface area contributed by atoms with E-state index >= 15 is 0 Å². The van der Waals surface area contributed by atoms with Crippen molar-refractivity contribution in [2.45, 2.75) is 20.5 Å². The molecule has 2 rings (SSSR count). The average molecular weight is 255 g/mol. The molecule has 0 radical (unpaired) electrons. The first kappa shape index (κ1) is 13.1. The first-order valence-corrected chi connectivity index (χ1v) is 6.06. The molecule has 3 N–H and O–H groups in total. The van der Waals surface area contributed by atoms with Crippen LogP contribution in [0.2, 0.25) is 0 Å². The largest absolute Gasteiger partial charge is 0.487 e. The summed E-state index contributed by atoms with van der Waals surface area (Å²) < 4.78 is 5.75. The number of nitrogens with one attached hydrogen (secondary N) is 1. The second-order valence-corrected chi connectivity index (χ2v) is 4.45. The van der Waals surface area contributed by atoms with Gasteiger partial charge in [-0.25, -0.2) is 0 Å². The van der Waals surface area contributed by atoms with E-state index in [-0.39, 0.29) is 5.84 Å². The highest BCUT2D eigenvalue weighted by Gasteiger charge is 2.04. The monoisotopic (exact) mass is 255 g/mol. The molecule has 4 heteroatoms. The first-order chi connectivity index (χ1) is 9.06. The van der Waals surface area contributed by atoms with Gasteiger partial charge in [-0.15, -0.1) is 0 Å². The normalized spacial score (nSPS) is 10.2. The second-order valence-electron chi connectivity index (χ2n) is 4.45. The van der Waals surface area contributed by atoms with Gasteiger partial charge in [-0.05, 0) is 37.6 Å². The molecule has 4 nitrogen and oxygen atoms in total. The number of aromatic nitrogens is 1. The highest BCUT2D eigenvalue weighted by molar-refractivity contribution is 5.95. The first-order valence-electron chi connectivity index (χ1n) is 6.06. The number of nitrogen functional groups attached to an aromatic ring is 1. The summed E-state index contributed by atoms with van der Waals surface area (Å²) in [6.07, 6.45) is 0. The van der Waals surface area contributed by atoms with Gasteiger partial charge in [0.05, 0.1) is 5.69 Å². The molecule has 0 saturated heterocycles. The van der Waals surface area contributed by atoms with Gasteiger partial charge < -0.3 is 10.5 Å². The quantitative estimate of drug-likeness (QED) is 0.651. The molecule has 98 valence electrons. The van der Waals surface area contributed by atoms with Crippen molar-refractivity contribution in [1.82, 2.24) is 4.98 Å². The number of nitrogens with zero attached hydrogens (tertiary/aromatic N) is 1. The van der Waals surface area contributed by atoms with Crippen molar-refractivity contribution < 1.29 is 4.74 Å². The zero-order valence-corrected chi connectivity index (χ0v) is 11.1. The number of amidine groups is 1. The number of hydrogen-bond donors (Lipinski definition) is 2. The van der Waals surface area contributed by atoms with E-state index < -0.39 is 0 Å². The van der Waals surface area contributed by atoms with E-state index in [1.807, 2.05) is 44.2 Å². The van der Waals surface area contributed by atoms with Gasteiger partial charge in [0.15, 0.2) is 0 Å². The Balaban J connectivity index is 2.15. The topological polar surface area (TPSA) is 72.0 Å². The summed E-state index contributed by atoms with van der Waals surface area (Å²) in [5.41, 5.74) is 9.00. The van der Waals surface area contributed by atoms with E-state index in [9.17, 15) is 0 Å². The summed E-state index contributed by atoms with van der Waals surface area (Å²) in [7, 11) is 0. The van der Waals surface area contributed by atoms with Crippen molar-refractivity contribution in [3.8, 4) is 5.75 Å². The fourth-order valence-corrected chi connectivity index (χ4v) is 1.75. The Morgan fingerprint density at radius 2 is 2.05 bits per heavy atom. The van der Waals surface area contributed by atoms with Crippen LogP contribution in [0.1, 0.15) is 22.5 Å². The molecule has 0 saturated carbocycles. The molecule has 0 aliphatic heterocycles. The van der Waals surface area contributed by atoms with Crippen LogP contribution in [0.15, 0.2) is 36.4 Å². The minimum Gasteiger partial charge on any atom is -0.487 e. The van der Waals surface area contributed by atoms with Crippen LogP contribution < -0.4 is 10.5 Å². The Morgan fingerprint density at radius 1 is 1.26 bits per heavy atom. The van der Waals surface area contributed by atoms with E-state index in [4.69, 9.17) is 15.9 Å². The van der Waals surface area contributed by atoms with Gasteiger partial charge in [0.25, 0.3) is 0 Å². The highest BCUT2D eigenvalue weighted by atomic mass is 16.5. The fraction of sp³-hybridized carbons (Fsp3) is 0.200. The Bertz CT molecular complexity index is 608. The van der Waals surface area contributed by atoms with Crippen molar-refractivity contribution in [2.24, 2.45) is 5.73 Å². The zero-order valence-electron chi connectivity index (χ0n) is 11.1. The molecule has 0 amide bonds. The van der Waals surface area contributed by atoms with Crippen molar-refractivity contribution in [3.05, 3.63) is 58.9 Å². The Labute approximate surface area is 112 Å². The van der Waals surface area contributed by atoms with Gasteiger partial charge in [0, 0.05) is 11.3 Å². The van der Waals surface area contributed by atoms with E-state index in [1.165, 1.54) is 0 Å². The molecule has 2 aromatic rings. The summed E-state index contributed by atoms with van der Waals surface area (Å²) in [5, 5.41) is 7.44. The number of pyridine rings is 1. The smallest absolute Gasteiger partial charge is 0.130 e. The lowest BCUT2D eigenvalue weighted by Crippen LogP contribution is -2.11. The molecule has 1 heterocycles. The Morgan fingerprint density at radius 3 is 2.74 bits per heavy atom. The lowest BCUT2D eigenvalue weighted by Gasteiger charge is -2.10. The third-order valence-corrected chi connectivity index (χ3v) is 2.82. The lowest BCUT2D eigenvalue weighted by atomic mass is 10.1. The maximum Gasteiger partial charge on any atom is 0.130 e. The van der Waals surface area contributed by atoms with Crippen LogP contribution in [-0.2, 0) is 6.61 Å². The molecule has 0 spiro atoms. The minimum atomic E-state index is 0.0403. The van der Waals surface area contributed by atoms with Crippen molar-refractivity contribution >= 4 is 5.84 Å². The van der Waals surface area contributed by atoms with Crippen LogP contribution in [0.4, 0.5) is 0 Å². The van der Waals surface area contributed by atoms with Gasteiger partial charge >= 0.3 is 0 Å². The number of rotatable bonds is 4. The zero-order chi connectivity index (χ0) is 13.8. The van der Waals surface area contributed by atoms with Crippen LogP contribution in [0.5, 0.6) is 5.75 Å². The predicted molar refractivity (Wildman–Crippen MR) is 75.5 cm³/mol. The number of benzene rings is 1. The number of ether oxygens (including phenoxy) is 1. The molecule has 1 aromatic carbocycles. The predicted octanol–water partition coefficient (Wildman–Crippen LogP) is 2.56. The molecule has 0 aliphatic rings. The minimum absolute atomic E-state index is 0.0403. The van der Waals surface area contributed by atoms with E-state index in [0.717, 1.165) is 22.7 Å². The molecule has 0 atom stereocenters. The van der Waals surface area contributed by atoms with E-state index in [2.05, 4.69) is 4.98 Å². The lowest BCUT2D eigenvalue weighted by molar-refractivity contribution is 0.299. The SMILES string of the molecule is Cc1cccc(COc2cc(C(=N)N)ccc2C)n1. The van der Waals surface area contributed by atoms with Crippen LogP contribution >= 0.6 is 0 Å². The van der Waals surface area contributed by atoms with Crippen molar-refractivity contribution in [2.75, 3.05) is 0 Å². The Kier molecular flexibility index (Phi) is 3.80. The third-order valence-electron chi connectivity index (χ3n) is 2.82. The molecule has 0 unspecified atom stereocenters. The van der Waals surface area contributed by atoms with Crippen molar-refractivity contribution in [1.29, 1.82) is 5.41 Å². The second kappa shape index (κ2) is 5.52. The third kappa shape index (κ3) is 3.31. The maximum atomic E-state index is 7.44. The maximum absolute atomic E-state index is 7.44. The summed E-state index contributed by atoms with van der Waals surface area (Å²) in [6, 6.07) is 11.3. The van der Waals surface area contributed by atoms with Crippen LogP contribution in [-0.4, -0.2) is 10.8 Å². The standard InChI is InChI=1S/C15H17N3O/c1-10-6-7-12(15(16)17)8-14(10)19-9-13-5-3-4-11(2)18-13/h3-8H,9H2,1-2H3,(H3,16,17). The summed E-state index contributed by atoms with van der Waals surface area (Å²) in [5.74, 6) is 0.773. The molecular weight excluding hydrogens is 238 g/mol.